The van der Waals surface area contributed by atoms with Crippen LogP contribution in [0.4, 0.5) is 0 Å². The van der Waals surface area contributed by atoms with E-state index in [-0.39, 0.29) is 22.8 Å². The number of nitrogens with zero attached hydrogens (tertiary/aromatic N) is 1. The van der Waals surface area contributed by atoms with Crippen LogP contribution in [0.15, 0.2) is 24.3 Å². The van der Waals surface area contributed by atoms with Crippen LogP contribution in [0.5, 0.6) is 0 Å². The van der Waals surface area contributed by atoms with Crippen molar-refractivity contribution in [3.8, 4) is 0 Å². The molecule has 0 aromatic heterocycles. The molecule has 4 heteroatoms. The maximum atomic E-state index is 13.0. The van der Waals surface area contributed by atoms with E-state index in [1.807, 2.05) is 24.3 Å². The van der Waals surface area contributed by atoms with Crippen LogP contribution in [0.2, 0.25) is 0 Å². The fourth-order valence-corrected chi connectivity index (χ4v) is 4.94. The molecule has 4 nitrogen and oxygen atoms in total. The first-order valence-corrected chi connectivity index (χ1v) is 7.70. The molecule has 1 saturated heterocycles. The first-order chi connectivity index (χ1) is 10.1. The molecule has 21 heavy (non-hydrogen) atoms. The predicted molar refractivity (Wildman–Crippen MR) is 74.6 cm³/mol. The second kappa shape index (κ2) is 3.22. The molecule has 1 aromatic rings. The van der Waals surface area contributed by atoms with Gasteiger partial charge in [0.25, 0.3) is 11.8 Å². The van der Waals surface area contributed by atoms with Gasteiger partial charge in [0, 0.05) is 23.6 Å². The Kier molecular flexibility index (Phi) is 1.83. The fourth-order valence-electron chi connectivity index (χ4n) is 4.94. The van der Waals surface area contributed by atoms with Crippen LogP contribution in [0.25, 0.3) is 0 Å². The molecule has 3 spiro atoms. The van der Waals surface area contributed by atoms with Crippen molar-refractivity contribution in [2.24, 2.45) is 5.41 Å². The summed E-state index contributed by atoms with van der Waals surface area (Å²) >= 11 is 0. The molecule has 1 atom stereocenters. The van der Waals surface area contributed by atoms with Gasteiger partial charge in [-0.15, -0.1) is 0 Å². The number of rotatable bonds is 0. The van der Waals surface area contributed by atoms with Gasteiger partial charge in [-0.2, -0.15) is 0 Å². The van der Waals surface area contributed by atoms with Crippen molar-refractivity contribution >= 4 is 11.8 Å². The molecule has 5 rings (SSSR count). The Bertz CT molecular complexity index is 702. The molecule has 2 aliphatic carbocycles. The lowest BCUT2D eigenvalue weighted by Gasteiger charge is -2.68. The van der Waals surface area contributed by atoms with Gasteiger partial charge in [-0.25, -0.2) is 0 Å². The van der Waals surface area contributed by atoms with E-state index < -0.39 is 5.60 Å². The molecule has 4 aliphatic rings. The lowest BCUT2D eigenvalue weighted by atomic mass is 9.53. The normalized spacial score (nSPS) is 33.9. The lowest BCUT2D eigenvalue weighted by Crippen LogP contribution is -2.77. The Morgan fingerprint density at radius 1 is 1.10 bits per heavy atom. The zero-order chi connectivity index (χ0) is 14.5. The Morgan fingerprint density at radius 2 is 1.81 bits per heavy atom. The maximum absolute atomic E-state index is 13.0. The van der Waals surface area contributed by atoms with Gasteiger partial charge >= 0.3 is 0 Å². The van der Waals surface area contributed by atoms with Crippen molar-refractivity contribution in [1.82, 2.24) is 4.90 Å². The molecule has 2 aliphatic heterocycles. The first kappa shape index (κ1) is 11.9. The largest absolute Gasteiger partial charge is 0.352 e. The van der Waals surface area contributed by atoms with E-state index in [1.54, 1.807) is 7.05 Å². The Balaban J connectivity index is 1.76. The minimum Gasteiger partial charge on any atom is -0.352 e. The second-order valence-corrected chi connectivity index (χ2v) is 6.93. The van der Waals surface area contributed by atoms with Crippen molar-refractivity contribution in [3.05, 3.63) is 35.4 Å². The third kappa shape index (κ3) is 0.987. The molecular formula is C17H17NO3. The summed E-state index contributed by atoms with van der Waals surface area (Å²) in [6.07, 6.45) is 5.37. The Labute approximate surface area is 123 Å². The lowest BCUT2D eigenvalue weighted by molar-refractivity contribution is -0.362. The van der Waals surface area contributed by atoms with E-state index in [0.29, 0.717) is 5.56 Å². The third-order valence-electron chi connectivity index (χ3n) is 6.25. The Morgan fingerprint density at radius 3 is 2.43 bits per heavy atom. The number of benzene rings is 1. The van der Waals surface area contributed by atoms with Gasteiger partial charge in [0.1, 0.15) is 0 Å². The molecule has 1 aromatic carbocycles. The van der Waals surface area contributed by atoms with E-state index in [1.165, 1.54) is 11.3 Å². The van der Waals surface area contributed by atoms with Gasteiger partial charge in [0.15, 0.2) is 5.60 Å². The van der Waals surface area contributed by atoms with E-state index in [2.05, 4.69) is 0 Å². The highest BCUT2D eigenvalue weighted by Crippen LogP contribution is 2.80. The molecule has 2 amide bonds. The summed E-state index contributed by atoms with van der Waals surface area (Å²) in [5.74, 6) is -0.378. The maximum Gasteiger partial charge on any atom is 0.266 e. The Hall–Kier alpha value is -1.68. The zero-order valence-electron chi connectivity index (χ0n) is 12.0. The van der Waals surface area contributed by atoms with Crippen LogP contribution in [-0.2, 0) is 15.1 Å². The molecule has 3 fully saturated rings. The number of hydrogen-bond acceptors (Lipinski definition) is 3. The van der Waals surface area contributed by atoms with Crippen LogP contribution < -0.4 is 0 Å². The molecular weight excluding hydrogens is 266 g/mol. The molecule has 2 saturated carbocycles. The van der Waals surface area contributed by atoms with Gasteiger partial charge in [-0.1, -0.05) is 18.2 Å². The quantitative estimate of drug-likeness (QED) is 0.686. The zero-order valence-corrected chi connectivity index (χ0v) is 12.0. The highest BCUT2D eigenvalue weighted by molar-refractivity contribution is 6.13. The minimum absolute atomic E-state index is 0.0552. The van der Waals surface area contributed by atoms with Crippen molar-refractivity contribution < 1.29 is 14.3 Å². The average molecular weight is 283 g/mol. The summed E-state index contributed by atoms with van der Waals surface area (Å²) in [5.41, 5.74) is 0.387. The number of imide groups is 1. The van der Waals surface area contributed by atoms with Crippen LogP contribution >= 0.6 is 0 Å². The molecule has 0 bridgehead atoms. The summed E-state index contributed by atoms with van der Waals surface area (Å²) < 4.78 is 6.38. The summed E-state index contributed by atoms with van der Waals surface area (Å²) in [6.45, 7) is 0. The molecule has 108 valence electrons. The monoisotopic (exact) mass is 283 g/mol. The molecule has 0 N–H and O–H groups in total. The van der Waals surface area contributed by atoms with Gasteiger partial charge in [-0.3, -0.25) is 14.5 Å². The van der Waals surface area contributed by atoms with Gasteiger partial charge in [0.2, 0.25) is 0 Å². The second-order valence-electron chi connectivity index (χ2n) is 6.93. The molecule has 0 radical (unpaired) electrons. The van der Waals surface area contributed by atoms with Gasteiger partial charge in [-0.05, 0) is 38.2 Å². The van der Waals surface area contributed by atoms with E-state index in [4.69, 9.17) is 4.74 Å². The van der Waals surface area contributed by atoms with E-state index in [0.717, 1.165) is 31.2 Å². The van der Waals surface area contributed by atoms with E-state index >= 15 is 0 Å². The summed E-state index contributed by atoms with van der Waals surface area (Å²) in [4.78, 5) is 26.6. The number of carbonyl (C=O) groups is 2. The fraction of sp³-hybridized carbons (Fsp3) is 0.529. The summed E-state index contributed by atoms with van der Waals surface area (Å²) in [6, 6.07) is 7.47. The van der Waals surface area contributed by atoms with Crippen molar-refractivity contribution in [2.75, 3.05) is 7.05 Å². The number of fused-ring (bicyclic) bond motifs is 4. The number of hydrogen-bond donors (Lipinski definition) is 0. The van der Waals surface area contributed by atoms with Crippen LogP contribution in [0, 0.1) is 5.41 Å². The minimum atomic E-state index is -0.896. The standard InChI is InChI=1S/C17H17NO3/c1-18-13(19)11-5-2-3-6-12(11)17(14(18)20)15(9-10-15)16(21-17)7-4-8-16/h2-3,5-6H,4,7-10H2,1H3. The number of likely N-dealkylation sites (N-methyl/N-ethyl adjacent to an activating group) is 1. The van der Waals surface area contributed by atoms with Gasteiger partial charge in [0.05, 0.1) is 5.60 Å². The number of carbonyl (C=O) groups excluding carboxylic acids is 2. The number of amides is 2. The number of ether oxygens (including phenoxy) is 1. The first-order valence-electron chi connectivity index (χ1n) is 7.70. The van der Waals surface area contributed by atoms with Crippen molar-refractivity contribution in [3.63, 3.8) is 0 Å². The SMILES string of the molecule is CN1C(=O)c2ccccc2C2(OC3(CCC3)C23CC3)C1=O. The molecule has 1 unspecified atom stereocenters. The predicted octanol–water partition coefficient (Wildman–Crippen LogP) is 2.23. The smallest absolute Gasteiger partial charge is 0.266 e. The van der Waals surface area contributed by atoms with Crippen LogP contribution in [-0.4, -0.2) is 29.4 Å². The third-order valence-corrected chi connectivity index (χ3v) is 6.25. The topological polar surface area (TPSA) is 46.6 Å². The average Bonchev–Trinajstić information content (AvgIpc) is 3.26. The highest BCUT2D eigenvalue weighted by atomic mass is 16.6. The van der Waals surface area contributed by atoms with Crippen molar-refractivity contribution in [1.29, 1.82) is 0 Å². The highest BCUT2D eigenvalue weighted by Gasteiger charge is 2.86. The van der Waals surface area contributed by atoms with Crippen LogP contribution in [0.3, 0.4) is 0 Å². The van der Waals surface area contributed by atoms with Crippen molar-refractivity contribution in [2.45, 2.75) is 43.3 Å². The summed E-state index contributed by atoms with van der Waals surface area (Å²) in [7, 11) is 1.58. The van der Waals surface area contributed by atoms with Crippen LogP contribution in [0.1, 0.15) is 48.0 Å². The van der Waals surface area contributed by atoms with E-state index in [9.17, 15) is 9.59 Å². The van der Waals surface area contributed by atoms with Gasteiger partial charge < -0.3 is 4.74 Å². The summed E-state index contributed by atoms with van der Waals surface area (Å²) in [5, 5.41) is 0. The molecule has 2 heterocycles.